The van der Waals surface area contributed by atoms with Crippen LogP contribution in [0.2, 0.25) is 0 Å². The Morgan fingerprint density at radius 3 is 1.67 bits per heavy atom. The van der Waals surface area contributed by atoms with Crippen molar-refractivity contribution in [3.8, 4) is 0 Å². The van der Waals surface area contributed by atoms with Crippen LogP contribution in [0.3, 0.4) is 0 Å². The van der Waals surface area contributed by atoms with Crippen LogP contribution in [0.5, 0.6) is 0 Å². The molecular weight excluding hydrogens is 276 g/mol. The number of hydrogen-bond acceptors (Lipinski definition) is 6. The molecule has 4 aliphatic rings. The molecule has 0 radical (unpaired) electrons. The highest BCUT2D eigenvalue weighted by molar-refractivity contribution is 5.85. The van der Waals surface area contributed by atoms with E-state index in [9.17, 15) is 9.59 Å². The molecular formula is C15H18O6. The molecule has 0 spiro atoms. The fourth-order valence-corrected chi connectivity index (χ4v) is 3.35. The number of allylic oxidation sites excluding steroid dienone is 2. The molecule has 6 atom stereocenters. The lowest BCUT2D eigenvalue weighted by Crippen LogP contribution is -2.38. The number of ether oxygens (including phenoxy) is 4. The fourth-order valence-electron chi connectivity index (χ4n) is 3.35. The van der Waals surface area contributed by atoms with Gasteiger partial charge in [-0.1, -0.05) is 12.2 Å². The molecule has 0 aromatic rings. The van der Waals surface area contributed by atoms with Gasteiger partial charge in [-0.15, -0.1) is 0 Å². The third-order valence-corrected chi connectivity index (χ3v) is 4.74. The Morgan fingerprint density at radius 2 is 1.33 bits per heavy atom. The maximum atomic E-state index is 12.4. The molecule has 2 bridgehead atoms. The number of hydrogen-bond donors (Lipinski definition) is 0. The van der Waals surface area contributed by atoms with Gasteiger partial charge in [0.2, 0.25) is 11.6 Å². The Hall–Kier alpha value is -1.40. The van der Waals surface area contributed by atoms with Gasteiger partial charge >= 0.3 is 11.9 Å². The molecule has 2 heterocycles. The van der Waals surface area contributed by atoms with Crippen LogP contribution in [-0.2, 0) is 28.5 Å². The maximum Gasteiger partial charge on any atom is 0.313 e. The summed E-state index contributed by atoms with van der Waals surface area (Å²) in [5.41, 5.74) is 0. The summed E-state index contributed by atoms with van der Waals surface area (Å²) in [6.07, 6.45) is 4.81. The largest absolute Gasteiger partial charge is 0.431 e. The van der Waals surface area contributed by atoms with Crippen LogP contribution in [0.25, 0.3) is 0 Å². The van der Waals surface area contributed by atoms with Crippen molar-refractivity contribution < 1.29 is 28.5 Å². The van der Waals surface area contributed by atoms with E-state index in [1.54, 1.807) is 13.8 Å². The Balaban J connectivity index is 1.51. The van der Waals surface area contributed by atoms with Crippen LogP contribution in [0.1, 0.15) is 20.3 Å². The molecule has 3 fully saturated rings. The highest BCUT2D eigenvalue weighted by atomic mass is 16.8. The first-order valence-corrected chi connectivity index (χ1v) is 7.31. The summed E-state index contributed by atoms with van der Waals surface area (Å²) >= 11 is 0. The maximum absolute atomic E-state index is 12.4. The molecule has 21 heavy (non-hydrogen) atoms. The van der Waals surface area contributed by atoms with Gasteiger partial charge < -0.3 is 18.9 Å². The third-order valence-electron chi connectivity index (χ3n) is 4.74. The molecule has 0 amide bonds. The minimum Gasteiger partial charge on any atom is -0.431 e. The van der Waals surface area contributed by atoms with Crippen molar-refractivity contribution >= 4 is 11.9 Å². The highest BCUT2D eigenvalue weighted by Crippen LogP contribution is 2.50. The van der Waals surface area contributed by atoms with Gasteiger partial charge in [0.1, 0.15) is 13.2 Å². The van der Waals surface area contributed by atoms with E-state index >= 15 is 0 Å². The molecule has 114 valence electrons. The Morgan fingerprint density at radius 1 is 0.952 bits per heavy atom. The zero-order valence-electron chi connectivity index (χ0n) is 12.0. The van der Waals surface area contributed by atoms with Crippen LogP contribution in [0, 0.1) is 23.7 Å². The van der Waals surface area contributed by atoms with Crippen LogP contribution < -0.4 is 0 Å². The second-order valence-electron chi connectivity index (χ2n) is 6.69. The zero-order chi connectivity index (χ0) is 14.8. The van der Waals surface area contributed by atoms with E-state index in [0.717, 1.165) is 6.42 Å². The van der Waals surface area contributed by atoms with Crippen molar-refractivity contribution in [1.29, 1.82) is 0 Å². The number of rotatable bonds is 4. The van der Waals surface area contributed by atoms with Crippen LogP contribution >= 0.6 is 0 Å². The molecule has 0 aromatic carbocycles. The molecule has 2 aliphatic heterocycles. The van der Waals surface area contributed by atoms with Crippen LogP contribution in [0.15, 0.2) is 12.2 Å². The van der Waals surface area contributed by atoms with Gasteiger partial charge in [0, 0.05) is 13.8 Å². The first kappa shape index (κ1) is 13.3. The van der Waals surface area contributed by atoms with Gasteiger partial charge in [-0.05, 0) is 18.3 Å². The number of epoxide rings is 2. The first-order valence-electron chi connectivity index (χ1n) is 7.31. The molecule has 6 nitrogen and oxygen atoms in total. The van der Waals surface area contributed by atoms with Crippen molar-refractivity contribution in [3.05, 3.63) is 12.2 Å². The van der Waals surface area contributed by atoms with E-state index in [4.69, 9.17) is 18.9 Å². The van der Waals surface area contributed by atoms with Gasteiger partial charge in [-0.25, -0.2) is 0 Å². The molecule has 2 saturated heterocycles. The first-order chi connectivity index (χ1) is 9.89. The molecule has 2 aliphatic carbocycles. The van der Waals surface area contributed by atoms with E-state index in [1.165, 1.54) is 0 Å². The van der Waals surface area contributed by atoms with E-state index in [0.29, 0.717) is 13.2 Å². The lowest BCUT2D eigenvalue weighted by molar-refractivity contribution is -0.175. The number of esters is 2. The van der Waals surface area contributed by atoms with Crippen molar-refractivity contribution in [2.24, 2.45) is 23.7 Å². The Labute approximate surface area is 122 Å². The van der Waals surface area contributed by atoms with Crippen molar-refractivity contribution in [3.63, 3.8) is 0 Å². The average molecular weight is 294 g/mol. The average Bonchev–Trinajstić information content (AvgIpc) is 3.21. The van der Waals surface area contributed by atoms with Gasteiger partial charge in [-0.2, -0.15) is 0 Å². The summed E-state index contributed by atoms with van der Waals surface area (Å²) in [5, 5.41) is 0. The van der Waals surface area contributed by atoms with Crippen LogP contribution in [0.4, 0.5) is 0 Å². The monoisotopic (exact) mass is 294 g/mol. The predicted octanol–water partition coefficient (Wildman–Crippen LogP) is 1.00. The van der Waals surface area contributed by atoms with Crippen LogP contribution in [-0.4, -0.2) is 36.7 Å². The lowest BCUT2D eigenvalue weighted by Gasteiger charge is -2.26. The van der Waals surface area contributed by atoms with Gasteiger partial charge in [-0.3, -0.25) is 9.59 Å². The fraction of sp³-hybridized carbons (Fsp3) is 0.733. The van der Waals surface area contributed by atoms with E-state index in [-0.39, 0.29) is 23.8 Å². The summed E-state index contributed by atoms with van der Waals surface area (Å²) < 4.78 is 20.9. The molecule has 6 unspecified atom stereocenters. The van der Waals surface area contributed by atoms with E-state index < -0.39 is 23.4 Å². The second kappa shape index (κ2) is 4.08. The predicted molar refractivity (Wildman–Crippen MR) is 68.6 cm³/mol. The van der Waals surface area contributed by atoms with Crippen molar-refractivity contribution in [2.75, 3.05) is 13.2 Å². The summed E-state index contributed by atoms with van der Waals surface area (Å²) in [7, 11) is 0. The van der Waals surface area contributed by atoms with Crippen molar-refractivity contribution in [1.82, 2.24) is 0 Å². The van der Waals surface area contributed by atoms with Crippen molar-refractivity contribution in [2.45, 2.75) is 31.8 Å². The summed E-state index contributed by atoms with van der Waals surface area (Å²) in [5.74, 6) is -3.19. The minimum atomic E-state index is -0.803. The lowest BCUT2D eigenvalue weighted by atomic mass is 9.83. The molecule has 1 saturated carbocycles. The number of carbonyl (C=O) groups is 2. The number of fused-ring (bicyclic) bond motifs is 2. The standard InChI is InChI=1S/C15H18O6/c1-14(6-18-14)20-12(16)10-8-3-4-9(5-8)11(10)13(17)21-15(2)7-19-15/h3-4,8-11H,5-7H2,1-2H3. The van der Waals surface area contributed by atoms with E-state index in [1.807, 2.05) is 12.2 Å². The summed E-state index contributed by atoms with van der Waals surface area (Å²) in [6, 6.07) is 0. The normalized spacial score (nSPS) is 49.0. The Bertz CT molecular complexity index is 484. The zero-order valence-corrected chi connectivity index (χ0v) is 12.0. The Kier molecular flexibility index (Phi) is 2.58. The van der Waals surface area contributed by atoms with Gasteiger partial charge in [0.25, 0.3) is 0 Å². The minimum absolute atomic E-state index is 0.0512. The molecule has 0 N–H and O–H groups in total. The smallest absolute Gasteiger partial charge is 0.313 e. The highest BCUT2D eigenvalue weighted by Gasteiger charge is 2.57. The molecule has 4 rings (SSSR count). The van der Waals surface area contributed by atoms with Gasteiger partial charge in [0.05, 0.1) is 11.8 Å². The number of carbonyl (C=O) groups excluding carboxylic acids is 2. The third kappa shape index (κ3) is 2.26. The summed E-state index contributed by atoms with van der Waals surface area (Å²) in [4.78, 5) is 24.8. The van der Waals surface area contributed by atoms with E-state index in [2.05, 4.69) is 0 Å². The topological polar surface area (TPSA) is 77.7 Å². The SMILES string of the molecule is CC1(OC(=O)C2C3C=CC(C3)C2C(=O)OC2(C)CO2)CO1. The molecule has 0 aromatic heterocycles. The quantitative estimate of drug-likeness (QED) is 0.437. The van der Waals surface area contributed by atoms with Gasteiger partial charge in [0.15, 0.2) is 0 Å². The molecule has 6 heteroatoms. The second-order valence-corrected chi connectivity index (χ2v) is 6.69. The summed E-state index contributed by atoms with van der Waals surface area (Å²) in [6.45, 7) is 4.27.